The van der Waals surface area contributed by atoms with E-state index in [1.165, 1.54) is 12.1 Å². The van der Waals surface area contributed by atoms with E-state index in [1.807, 2.05) is 25.5 Å². The van der Waals surface area contributed by atoms with E-state index in [1.54, 1.807) is 0 Å². The first kappa shape index (κ1) is 15.6. The van der Waals surface area contributed by atoms with Gasteiger partial charge in [-0.2, -0.15) is 5.10 Å². The number of halogens is 2. The molecule has 1 heterocycles. The molecule has 1 unspecified atom stereocenters. The normalized spacial score (nSPS) is 12.7. The average molecular weight is 293 g/mol. The van der Waals surface area contributed by atoms with Crippen molar-refractivity contribution in [2.45, 2.75) is 46.8 Å². The minimum atomic E-state index is -0.555. The second kappa shape index (κ2) is 6.35. The van der Waals surface area contributed by atoms with Crippen LogP contribution in [-0.2, 0) is 13.1 Å². The van der Waals surface area contributed by atoms with Crippen molar-refractivity contribution < 1.29 is 8.78 Å². The lowest BCUT2D eigenvalue weighted by Gasteiger charge is -2.15. The molecule has 2 aromatic rings. The Morgan fingerprint density at radius 1 is 1.29 bits per heavy atom. The molecule has 0 saturated carbocycles. The van der Waals surface area contributed by atoms with Crippen molar-refractivity contribution in [2.75, 3.05) is 0 Å². The van der Waals surface area contributed by atoms with Crippen LogP contribution in [0, 0.1) is 25.5 Å². The Morgan fingerprint density at radius 2 is 2.00 bits per heavy atom. The van der Waals surface area contributed by atoms with Gasteiger partial charge in [0.2, 0.25) is 0 Å². The number of hydrogen-bond donors (Lipinski definition) is 1. The van der Waals surface area contributed by atoms with Crippen molar-refractivity contribution in [2.24, 2.45) is 0 Å². The number of nitrogens with one attached hydrogen (secondary N) is 1. The molecule has 21 heavy (non-hydrogen) atoms. The number of aryl methyl sites for hydroxylation is 2. The molecule has 3 nitrogen and oxygen atoms in total. The smallest absolute Gasteiger partial charge is 0.130 e. The molecule has 1 atom stereocenters. The lowest BCUT2D eigenvalue weighted by atomic mass is 10.1. The van der Waals surface area contributed by atoms with Gasteiger partial charge in [0.05, 0.1) is 5.69 Å². The summed E-state index contributed by atoms with van der Waals surface area (Å²) in [5, 5.41) is 7.77. The summed E-state index contributed by atoms with van der Waals surface area (Å²) in [4.78, 5) is 0. The quantitative estimate of drug-likeness (QED) is 0.912. The van der Waals surface area contributed by atoms with Crippen LogP contribution in [0.25, 0.3) is 0 Å². The summed E-state index contributed by atoms with van der Waals surface area (Å²) in [6, 6.07) is 3.71. The van der Waals surface area contributed by atoms with Crippen LogP contribution in [0.5, 0.6) is 0 Å². The largest absolute Gasteiger partial charge is 0.306 e. The highest BCUT2D eigenvalue weighted by atomic mass is 19.1. The van der Waals surface area contributed by atoms with Gasteiger partial charge >= 0.3 is 0 Å². The van der Waals surface area contributed by atoms with Gasteiger partial charge in [0, 0.05) is 42.0 Å². The molecule has 114 valence electrons. The van der Waals surface area contributed by atoms with Crippen molar-refractivity contribution in [1.29, 1.82) is 0 Å². The van der Waals surface area contributed by atoms with Crippen molar-refractivity contribution in [1.82, 2.24) is 15.1 Å². The summed E-state index contributed by atoms with van der Waals surface area (Å²) in [7, 11) is 0. The highest BCUT2D eigenvalue weighted by Gasteiger charge is 2.17. The van der Waals surface area contributed by atoms with E-state index in [2.05, 4.69) is 17.3 Å². The van der Waals surface area contributed by atoms with Gasteiger partial charge in [0.15, 0.2) is 0 Å². The van der Waals surface area contributed by atoms with Gasteiger partial charge in [-0.05, 0) is 33.8 Å². The van der Waals surface area contributed by atoms with E-state index >= 15 is 0 Å². The monoisotopic (exact) mass is 293 g/mol. The SMILES string of the molecule is CCn1nc(C)c(C(C)NCc2ccc(F)cc2F)c1C. The molecule has 0 amide bonds. The predicted molar refractivity (Wildman–Crippen MR) is 79.0 cm³/mol. The summed E-state index contributed by atoms with van der Waals surface area (Å²) in [5.41, 5.74) is 3.70. The minimum absolute atomic E-state index is 0.0507. The maximum Gasteiger partial charge on any atom is 0.130 e. The minimum Gasteiger partial charge on any atom is -0.306 e. The Morgan fingerprint density at radius 3 is 2.57 bits per heavy atom. The Kier molecular flexibility index (Phi) is 4.73. The average Bonchev–Trinajstić information content (AvgIpc) is 2.72. The molecule has 1 N–H and O–H groups in total. The van der Waals surface area contributed by atoms with Crippen LogP contribution in [-0.4, -0.2) is 9.78 Å². The Hall–Kier alpha value is -1.75. The van der Waals surface area contributed by atoms with E-state index in [4.69, 9.17) is 0 Å². The molecule has 2 rings (SSSR count). The number of hydrogen-bond acceptors (Lipinski definition) is 2. The fraction of sp³-hybridized carbons (Fsp3) is 0.438. The van der Waals surface area contributed by atoms with E-state index in [0.29, 0.717) is 12.1 Å². The third-order valence-corrected chi connectivity index (χ3v) is 3.78. The number of benzene rings is 1. The molecule has 0 bridgehead atoms. The molecular weight excluding hydrogens is 272 g/mol. The van der Waals surface area contributed by atoms with Crippen molar-refractivity contribution >= 4 is 0 Å². The van der Waals surface area contributed by atoms with E-state index in [0.717, 1.165) is 29.6 Å². The highest BCUT2D eigenvalue weighted by molar-refractivity contribution is 5.28. The van der Waals surface area contributed by atoms with Crippen LogP contribution in [0.1, 0.15) is 42.4 Å². The predicted octanol–water partition coefficient (Wildman–Crippen LogP) is 3.65. The van der Waals surface area contributed by atoms with E-state index in [-0.39, 0.29) is 6.04 Å². The van der Waals surface area contributed by atoms with Crippen LogP contribution in [0.15, 0.2) is 18.2 Å². The maximum absolute atomic E-state index is 13.6. The van der Waals surface area contributed by atoms with E-state index < -0.39 is 11.6 Å². The van der Waals surface area contributed by atoms with Crippen LogP contribution in [0.3, 0.4) is 0 Å². The molecule has 1 aromatic carbocycles. The van der Waals surface area contributed by atoms with Crippen LogP contribution in [0.2, 0.25) is 0 Å². The summed E-state index contributed by atoms with van der Waals surface area (Å²) < 4.78 is 28.5. The number of nitrogens with zero attached hydrogens (tertiary/aromatic N) is 2. The highest BCUT2D eigenvalue weighted by Crippen LogP contribution is 2.22. The summed E-state index contributed by atoms with van der Waals surface area (Å²) in [5.74, 6) is -1.08. The molecule has 0 fully saturated rings. The van der Waals surface area contributed by atoms with Gasteiger partial charge < -0.3 is 5.32 Å². The molecule has 0 aliphatic heterocycles. The fourth-order valence-electron chi connectivity index (χ4n) is 2.68. The maximum atomic E-state index is 13.6. The second-order valence-corrected chi connectivity index (χ2v) is 5.24. The fourth-order valence-corrected chi connectivity index (χ4v) is 2.68. The first-order chi connectivity index (χ1) is 9.93. The Balaban J connectivity index is 2.11. The molecule has 0 aliphatic rings. The zero-order chi connectivity index (χ0) is 15.6. The van der Waals surface area contributed by atoms with Crippen LogP contribution >= 0.6 is 0 Å². The third-order valence-electron chi connectivity index (χ3n) is 3.78. The Bertz CT molecular complexity index is 635. The van der Waals surface area contributed by atoms with Gasteiger partial charge in [-0.3, -0.25) is 4.68 Å². The van der Waals surface area contributed by atoms with Gasteiger partial charge in [-0.15, -0.1) is 0 Å². The van der Waals surface area contributed by atoms with Crippen molar-refractivity contribution in [3.8, 4) is 0 Å². The molecule has 0 radical (unpaired) electrons. The van der Waals surface area contributed by atoms with Crippen molar-refractivity contribution in [3.63, 3.8) is 0 Å². The van der Waals surface area contributed by atoms with Crippen LogP contribution < -0.4 is 5.32 Å². The van der Waals surface area contributed by atoms with E-state index in [9.17, 15) is 8.78 Å². The van der Waals surface area contributed by atoms with Crippen molar-refractivity contribution in [3.05, 3.63) is 52.3 Å². The second-order valence-electron chi connectivity index (χ2n) is 5.24. The lowest BCUT2D eigenvalue weighted by Crippen LogP contribution is -2.20. The standard InChI is InChI=1S/C16H21F2N3/c1-5-21-12(4)16(11(3)20-21)10(2)19-9-13-6-7-14(17)8-15(13)18/h6-8,10,19H,5,9H2,1-4H3. The Labute approximate surface area is 124 Å². The summed E-state index contributed by atoms with van der Waals surface area (Å²) in [6.07, 6.45) is 0. The molecule has 1 aromatic heterocycles. The lowest BCUT2D eigenvalue weighted by molar-refractivity contribution is 0.530. The number of aromatic nitrogens is 2. The molecular formula is C16H21F2N3. The first-order valence-corrected chi connectivity index (χ1v) is 7.15. The zero-order valence-electron chi connectivity index (χ0n) is 12.9. The first-order valence-electron chi connectivity index (χ1n) is 7.15. The zero-order valence-corrected chi connectivity index (χ0v) is 12.9. The topological polar surface area (TPSA) is 29.9 Å². The molecule has 5 heteroatoms. The molecule has 0 saturated heterocycles. The van der Waals surface area contributed by atoms with Crippen LogP contribution in [0.4, 0.5) is 8.78 Å². The molecule has 0 spiro atoms. The van der Waals surface area contributed by atoms with Gasteiger partial charge in [-0.25, -0.2) is 8.78 Å². The number of rotatable bonds is 5. The van der Waals surface area contributed by atoms with Gasteiger partial charge in [-0.1, -0.05) is 6.07 Å². The molecule has 0 aliphatic carbocycles. The third kappa shape index (κ3) is 3.29. The summed E-state index contributed by atoms with van der Waals surface area (Å²) in [6.45, 7) is 9.27. The van der Waals surface area contributed by atoms with Gasteiger partial charge in [0.1, 0.15) is 11.6 Å². The van der Waals surface area contributed by atoms with Gasteiger partial charge in [0.25, 0.3) is 0 Å². The summed E-state index contributed by atoms with van der Waals surface area (Å²) >= 11 is 0.